The van der Waals surface area contributed by atoms with Gasteiger partial charge in [-0.3, -0.25) is 4.79 Å². The molecule has 3 rings (SSSR count). The van der Waals surface area contributed by atoms with Crippen LogP contribution in [-0.4, -0.2) is 23.0 Å². The Hall–Kier alpha value is -3.28. The third-order valence-corrected chi connectivity index (χ3v) is 3.32. The molecule has 0 radical (unpaired) electrons. The summed E-state index contributed by atoms with van der Waals surface area (Å²) >= 11 is 0. The zero-order valence-corrected chi connectivity index (χ0v) is 12.9. The molecule has 1 N–H and O–H groups in total. The molecule has 0 atom stereocenters. The molecule has 0 bridgehead atoms. The van der Waals surface area contributed by atoms with Crippen molar-refractivity contribution in [2.75, 3.05) is 12.4 Å². The second-order valence-electron chi connectivity index (χ2n) is 4.99. The van der Waals surface area contributed by atoms with Crippen LogP contribution in [0, 0.1) is 5.82 Å². The first-order chi connectivity index (χ1) is 11.7. The van der Waals surface area contributed by atoms with Crippen molar-refractivity contribution in [3.8, 4) is 17.1 Å². The molecule has 0 aliphatic carbocycles. The van der Waals surface area contributed by atoms with E-state index < -0.39 is 0 Å². The van der Waals surface area contributed by atoms with Gasteiger partial charge >= 0.3 is 0 Å². The normalized spacial score (nSPS) is 10.2. The summed E-state index contributed by atoms with van der Waals surface area (Å²) in [4.78, 5) is 20.5. The summed E-state index contributed by atoms with van der Waals surface area (Å²) in [5.74, 6) is 0.294. The molecule has 0 saturated carbocycles. The maximum absolute atomic E-state index is 13.2. The molecular formula is C18H14FN3O2. The van der Waals surface area contributed by atoms with Crippen molar-refractivity contribution in [1.82, 2.24) is 9.97 Å². The molecule has 3 aromatic rings. The number of nitrogens with one attached hydrogen (secondary N) is 1. The highest BCUT2D eigenvalue weighted by Gasteiger charge is 2.09. The van der Waals surface area contributed by atoms with Crippen LogP contribution in [0.15, 0.2) is 60.9 Å². The highest BCUT2D eigenvalue weighted by Crippen LogP contribution is 2.18. The van der Waals surface area contributed by atoms with E-state index in [1.54, 1.807) is 43.5 Å². The van der Waals surface area contributed by atoms with E-state index in [9.17, 15) is 9.18 Å². The number of nitrogens with zero attached hydrogens (tertiary/aromatic N) is 2. The number of rotatable bonds is 4. The first-order valence-corrected chi connectivity index (χ1v) is 7.19. The van der Waals surface area contributed by atoms with Crippen LogP contribution in [0.25, 0.3) is 11.4 Å². The van der Waals surface area contributed by atoms with Gasteiger partial charge in [0.05, 0.1) is 12.7 Å². The monoisotopic (exact) mass is 323 g/mol. The zero-order valence-electron chi connectivity index (χ0n) is 12.9. The van der Waals surface area contributed by atoms with Gasteiger partial charge in [0.2, 0.25) is 0 Å². The Morgan fingerprint density at radius 3 is 2.54 bits per heavy atom. The number of carbonyl (C=O) groups is 1. The number of ether oxygens (including phenoxy) is 1. The van der Waals surface area contributed by atoms with Gasteiger partial charge in [-0.1, -0.05) is 18.2 Å². The van der Waals surface area contributed by atoms with Crippen molar-refractivity contribution in [3.63, 3.8) is 0 Å². The summed E-state index contributed by atoms with van der Waals surface area (Å²) in [5, 5.41) is 2.74. The molecule has 0 aliphatic heterocycles. The van der Waals surface area contributed by atoms with Crippen LogP contribution >= 0.6 is 0 Å². The molecule has 0 unspecified atom stereocenters. The van der Waals surface area contributed by atoms with Gasteiger partial charge in [0.25, 0.3) is 5.91 Å². The Bertz CT molecular complexity index is 866. The van der Waals surface area contributed by atoms with Crippen LogP contribution in [0.4, 0.5) is 10.1 Å². The van der Waals surface area contributed by atoms with Crippen molar-refractivity contribution < 1.29 is 13.9 Å². The molecule has 1 heterocycles. The minimum Gasteiger partial charge on any atom is -0.497 e. The smallest absolute Gasteiger partial charge is 0.258 e. The number of benzene rings is 2. The molecule has 24 heavy (non-hydrogen) atoms. The van der Waals surface area contributed by atoms with E-state index in [1.165, 1.54) is 24.5 Å². The highest BCUT2D eigenvalue weighted by molar-refractivity contribution is 6.04. The van der Waals surface area contributed by atoms with E-state index in [0.717, 1.165) is 0 Å². The van der Waals surface area contributed by atoms with E-state index in [-0.39, 0.29) is 11.7 Å². The second kappa shape index (κ2) is 6.87. The minimum absolute atomic E-state index is 0.304. The molecule has 1 amide bonds. The number of carbonyl (C=O) groups excluding carboxylic acids is 1. The van der Waals surface area contributed by atoms with Crippen molar-refractivity contribution in [3.05, 3.63) is 72.3 Å². The predicted molar refractivity (Wildman–Crippen MR) is 88.4 cm³/mol. The Morgan fingerprint density at radius 1 is 1.08 bits per heavy atom. The average Bonchev–Trinajstić information content (AvgIpc) is 2.62. The summed E-state index contributed by atoms with van der Waals surface area (Å²) in [7, 11) is 1.56. The first kappa shape index (κ1) is 15.6. The quantitative estimate of drug-likeness (QED) is 0.797. The van der Waals surface area contributed by atoms with Crippen LogP contribution in [-0.2, 0) is 0 Å². The number of aromatic nitrogens is 2. The Kier molecular flexibility index (Phi) is 4.47. The second-order valence-corrected chi connectivity index (χ2v) is 4.99. The van der Waals surface area contributed by atoms with Gasteiger partial charge in [-0.15, -0.1) is 0 Å². The number of anilines is 1. The van der Waals surface area contributed by atoms with Crippen molar-refractivity contribution in [1.29, 1.82) is 0 Å². The third kappa shape index (κ3) is 3.55. The van der Waals surface area contributed by atoms with Crippen LogP contribution in [0.3, 0.4) is 0 Å². The summed E-state index contributed by atoms with van der Waals surface area (Å²) in [6.07, 6.45) is 2.81. The molecule has 5 nitrogen and oxygen atoms in total. The third-order valence-electron chi connectivity index (χ3n) is 3.32. The van der Waals surface area contributed by atoms with Crippen molar-refractivity contribution in [2.24, 2.45) is 0 Å². The average molecular weight is 323 g/mol. The fourth-order valence-electron chi connectivity index (χ4n) is 2.13. The zero-order chi connectivity index (χ0) is 16.9. The largest absolute Gasteiger partial charge is 0.497 e. The number of hydrogen-bond acceptors (Lipinski definition) is 4. The summed E-state index contributed by atoms with van der Waals surface area (Å²) in [6.45, 7) is 0. The minimum atomic E-state index is -0.365. The molecule has 0 aliphatic rings. The van der Waals surface area contributed by atoms with E-state index in [2.05, 4.69) is 15.3 Å². The van der Waals surface area contributed by atoms with Gasteiger partial charge in [-0.05, 0) is 24.3 Å². The van der Waals surface area contributed by atoms with Crippen LogP contribution in [0.2, 0.25) is 0 Å². The predicted octanol–water partition coefficient (Wildman–Crippen LogP) is 3.54. The standard InChI is InChI=1S/C18H14FN3O2/c1-24-16-7-3-6-15(9-16)22-18(23)13-10-20-17(21-11-13)12-4-2-5-14(19)8-12/h2-11H,1H3,(H,22,23). The van der Waals surface area contributed by atoms with Gasteiger partial charge in [0.1, 0.15) is 11.6 Å². The van der Waals surface area contributed by atoms with Crippen LogP contribution in [0.5, 0.6) is 5.75 Å². The van der Waals surface area contributed by atoms with E-state index in [1.807, 2.05) is 0 Å². The molecule has 2 aromatic carbocycles. The maximum atomic E-state index is 13.2. The number of hydrogen-bond donors (Lipinski definition) is 1. The van der Waals surface area contributed by atoms with Gasteiger partial charge < -0.3 is 10.1 Å². The van der Waals surface area contributed by atoms with Crippen molar-refractivity contribution in [2.45, 2.75) is 0 Å². The molecule has 6 heteroatoms. The molecule has 0 fully saturated rings. The SMILES string of the molecule is COc1cccc(NC(=O)c2cnc(-c3cccc(F)c3)nc2)c1. The Morgan fingerprint density at radius 2 is 1.83 bits per heavy atom. The van der Waals surface area contributed by atoms with Crippen molar-refractivity contribution >= 4 is 11.6 Å². The van der Waals surface area contributed by atoms with Gasteiger partial charge in [-0.2, -0.15) is 0 Å². The number of halogens is 1. The van der Waals surface area contributed by atoms with E-state index in [4.69, 9.17) is 4.74 Å². The number of amides is 1. The molecule has 120 valence electrons. The highest BCUT2D eigenvalue weighted by atomic mass is 19.1. The lowest BCUT2D eigenvalue weighted by Crippen LogP contribution is -2.12. The summed E-state index contributed by atoms with van der Waals surface area (Å²) in [6, 6.07) is 13.0. The topological polar surface area (TPSA) is 64.1 Å². The molecule has 0 spiro atoms. The molecule has 0 saturated heterocycles. The molecular weight excluding hydrogens is 309 g/mol. The lowest BCUT2D eigenvalue weighted by atomic mass is 10.2. The lowest BCUT2D eigenvalue weighted by Gasteiger charge is -2.07. The van der Waals surface area contributed by atoms with Gasteiger partial charge in [0, 0.05) is 29.7 Å². The first-order valence-electron chi connectivity index (χ1n) is 7.19. The van der Waals surface area contributed by atoms with Gasteiger partial charge in [0.15, 0.2) is 5.82 Å². The van der Waals surface area contributed by atoms with Crippen LogP contribution in [0.1, 0.15) is 10.4 Å². The van der Waals surface area contributed by atoms with E-state index >= 15 is 0 Å². The van der Waals surface area contributed by atoms with Gasteiger partial charge in [-0.25, -0.2) is 14.4 Å². The Labute approximate surface area is 138 Å². The fourth-order valence-corrected chi connectivity index (χ4v) is 2.13. The maximum Gasteiger partial charge on any atom is 0.258 e. The fraction of sp³-hybridized carbons (Fsp3) is 0.0556. The Balaban J connectivity index is 1.76. The van der Waals surface area contributed by atoms with Crippen LogP contribution < -0.4 is 10.1 Å². The summed E-state index contributed by atoms with van der Waals surface area (Å²) < 4.78 is 18.3. The lowest BCUT2D eigenvalue weighted by molar-refractivity contribution is 0.102. The number of methoxy groups -OCH3 is 1. The summed E-state index contributed by atoms with van der Waals surface area (Å²) in [5.41, 5.74) is 1.46. The molecule has 1 aromatic heterocycles. The van der Waals surface area contributed by atoms with E-state index in [0.29, 0.717) is 28.4 Å².